The van der Waals surface area contributed by atoms with Crippen LogP contribution in [-0.2, 0) is 9.53 Å². The quantitative estimate of drug-likeness (QED) is 0.792. The lowest BCUT2D eigenvalue weighted by Crippen LogP contribution is -2.54. The van der Waals surface area contributed by atoms with Crippen molar-refractivity contribution in [2.75, 3.05) is 13.1 Å². The summed E-state index contributed by atoms with van der Waals surface area (Å²) in [6, 6.07) is 0. The summed E-state index contributed by atoms with van der Waals surface area (Å²) in [6.45, 7) is 7.70. The lowest BCUT2D eigenvalue weighted by molar-refractivity contribution is -0.127. The predicted molar refractivity (Wildman–Crippen MR) is 64.6 cm³/mol. The first-order chi connectivity index (χ1) is 7.70. The minimum Gasteiger partial charge on any atom is -0.444 e. The van der Waals surface area contributed by atoms with Crippen molar-refractivity contribution < 1.29 is 14.3 Å². The summed E-state index contributed by atoms with van der Waals surface area (Å²) in [5.41, 5.74) is 4.05. The molecule has 0 aliphatic carbocycles. The van der Waals surface area contributed by atoms with Gasteiger partial charge in [-0.3, -0.25) is 9.69 Å². The highest BCUT2D eigenvalue weighted by Gasteiger charge is 2.46. The highest BCUT2D eigenvalue weighted by molar-refractivity contribution is 5.93. The maximum absolute atomic E-state index is 12.0. The number of likely N-dealkylation sites (tertiary alicyclic amines) is 1. The Morgan fingerprint density at radius 3 is 2.47 bits per heavy atom. The predicted octanol–water partition coefficient (Wildman–Crippen LogP) is 1.30. The van der Waals surface area contributed by atoms with Crippen molar-refractivity contribution in [1.82, 2.24) is 4.90 Å². The molecule has 1 saturated heterocycles. The number of nitrogens with two attached hydrogens (primary N) is 1. The Kier molecular flexibility index (Phi) is 3.81. The van der Waals surface area contributed by atoms with Crippen molar-refractivity contribution in [2.45, 2.75) is 51.7 Å². The molecule has 1 amide bonds. The first kappa shape index (κ1) is 14.0. The number of carbonyl (C=O) groups is 2. The van der Waals surface area contributed by atoms with E-state index in [4.69, 9.17) is 10.5 Å². The standard InChI is InChI=1S/C12H22N2O3/c1-11(2,3)17-10(16)14-7-5-6-12(14,4)9(15)8-13/h5-8,13H2,1-4H3. The van der Waals surface area contributed by atoms with Gasteiger partial charge in [0.2, 0.25) is 0 Å². The zero-order chi connectivity index (χ0) is 13.3. The van der Waals surface area contributed by atoms with Crippen LogP contribution in [0.2, 0.25) is 0 Å². The summed E-state index contributed by atoms with van der Waals surface area (Å²) in [5, 5.41) is 0. The average molecular weight is 242 g/mol. The second-order valence-electron chi connectivity index (χ2n) is 5.64. The first-order valence-electron chi connectivity index (χ1n) is 5.95. The van der Waals surface area contributed by atoms with E-state index in [0.717, 1.165) is 6.42 Å². The topological polar surface area (TPSA) is 72.6 Å². The Balaban J connectivity index is 2.83. The van der Waals surface area contributed by atoms with Crippen LogP contribution in [0.25, 0.3) is 0 Å². The number of nitrogens with zero attached hydrogens (tertiary/aromatic N) is 1. The van der Waals surface area contributed by atoms with E-state index in [0.29, 0.717) is 13.0 Å². The summed E-state index contributed by atoms with van der Waals surface area (Å²) < 4.78 is 5.31. The number of hydrogen-bond donors (Lipinski definition) is 1. The lowest BCUT2D eigenvalue weighted by Gasteiger charge is -2.34. The van der Waals surface area contributed by atoms with Crippen LogP contribution < -0.4 is 5.73 Å². The number of hydrogen-bond acceptors (Lipinski definition) is 4. The second-order valence-corrected chi connectivity index (χ2v) is 5.64. The minimum absolute atomic E-state index is 0.0458. The summed E-state index contributed by atoms with van der Waals surface area (Å²) in [6.07, 6.45) is 1.03. The Morgan fingerprint density at radius 1 is 1.41 bits per heavy atom. The molecule has 5 heteroatoms. The maximum atomic E-state index is 12.0. The largest absolute Gasteiger partial charge is 0.444 e. The number of rotatable bonds is 2. The van der Waals surface area contributed by atoms with E-state index in [1.54, 1.807) is 6.92 Å². The van der Waals surface area contributed by atoms with Crippen molar-refractivity contribution in [2.24, 2.45) is 5.73 Å². The third kappa shape index (κ3) is 2.97. The van der Waals surface area contributed by atoms with Crippen molar-refractivity contribution in [3.05, 3.63) is 0 Å². The number of ether oxygens (including phenoxy) is 1. The summed E-state index contributed by atoms with van der Waals surface area (Å²) in [4.78, 5) is 25.4. The van der Waals surface area contributed by atoms with Crippen LogP contribution in [0.3, 0.4) is 0 Å². The van der Waals surface area contributed by atoms with Gasteiger partial charge in [0, 0.05) is 6.54 Å². The molecule has 17 heavy (non-hydrogen) atoms. The van der Waals surface area contributed by atoms with Gasteiger partial charge in [-0.1, -0.05) is 0 Å². The molecule has 0 radical (unpaired) electrons. The molecule has 1 aliphatic rings. The number of carbonyl (C=O) groups excluding carboxylic acids is 2. The van der Waals surface area contributed by atoms with E-state index in [9.17, 15) is 9.59 Å². The fourth-order valence-corrected chi connectivity index (χ4v) is 2.08. The number of ketones is 1. The highest BCUT2D eigenvalue weighted by Crippen LogP contribution is 2.31. The molecule has 1 heterocycles. The van der Waals surface area contributed by atoms with E-state index in [1.807, 2.05) is 20.8 Å². The second kappa shape index (κ2) is 4.64. The Bertz CT molecular complexity index is 322. The average Bonchev–Trinajstić information content (AvgIpc) is 2.58. The van der Waals surface area contributed by atoms with Crippen LogP contribution in [0.5, 0.6) is 0 Å². The van der Waals surface area contributed by atoms with Gasteiger partial charge in [-0.2, -0.15) is 0 Å². The molecular weight excluding hydrogens is 220 g/mol. The zero-order valence-electron chi connectivity index (χ0n) is 11.1. The summed E-state index contributed by atoms with van der Waals surface area (Å²) in [7, 11) is 0. The number of amides is 1. The van der Waals surface area contributed by atoms with Crippen LogP contribution in [0.15, 0.2) is 0 Å². The molecule has 1 fully saturated rings. The summed E-state index contributed by atoms with van der Waals surface area (Å²) in [5.74, 6) is -0.110. The molecule has 1 rings (SSSR count). The Labute approximate surface area is 102 Å². The van der Waals surface area contributed by atoms with E-state index >= 15 is 0 Å². The van der Waals surface area contributed by atoms with Gasteiger partial charge in [0.25, 0.3) is 0 Å². The van der Waals surface area contributed by atoms with E-state index in [1.165, 1.54) is 4.90 Å². The fraction of sp³-hybridized carbons (Fsp3) is 0.833. The van der Waals surface area contributed by atoms with Crippen LogP contribution in [-0.4, -0.2) is 41.0 Å². The molecule has 5 nitrogen and oxygen atoms in total. The third-order valence-corrected chi connectivity index (χ3v) is 3.04. The van der Waals surface area contributed by atoms with Crippen molar-refractivity contribution >= 4 is 11.9 Å². The van der Waals surface area contributed by atoms with E-state index < -0.39 is 17.2 Å². The van der Waals surface area contributed by atoms with E-state index in [2.05, 4.69) is 0 Å². The molecular formula is C12H22N2O3. The zero-order valence-corrected chi connectivity index (χ0v) is 11.1. The van der Waals surface area contributed by atoms with Crippen LogP contribution >= 0.6 is 0 Å². The van der Waals surface area contributed by atoms with Gasteiger partial charge < -0.3 is 10.5 Å². The molecule has 0 aromatic heterocycles. The third-order valence-electron chi connectivity index (χ3n) is 3.04. The minimum atomic E-state index is -0.795. The molecule has 1 aliphatic heterocycles. The van der Waals surface area contributed by atoms with Crippen molar-refractivity contribution in [1.29, 1.82) is 0 Å². The van der Waals surface area contributed by atoms with Gasteiger partial charge >= 0.3 is 6.09 Å². The molecule has 0 bridgehead atoms. The summed E-state index contributed by atoms with van der Waals surface area (Å²) >= 11 is 0. The lowest BCUT2D eigenvalue weighted by atomic mass is 9.93. The molecule has 1 unspecified atom stereocenters. The number of Topliss-reactive ketones (excluding diaryl/α,β-unsaturated/α-hetero) is 1. The molecule has 98 valence electrons. The van der Waals surface area contributed by atoms with Crippen LogP contribution in [0.4, 0.5) is 4.79 Å². The normalized spacial score (nSPS) is 24.9. The fourth-order valence-electron chi connectivity index (χ4n) is 2.08. The van der Waals surface area contributed by atoms with Gasteiger partial charge in [0.1, 0.15) is 11.1 Å². The maximum Gasteiger partial charge on any atom is 0.411 e. The SMILES string of the molecule is CC(C)(C)OC(=O)N1CCCC1(C)C(=O)CN. The van der Waals surface area contributed by atoms with E-state index in [-0.39, 0.29) is 12.3 Å². The van der Waals surface area contributed by atoms with Crippen LogP contribution in [0, 0.1) is 0 Å². The Hall–Kier alpha value is -1.10. The van der Waals surface area contributed by atoms with Gasteiger partial charge in [0.15, 0.2) is 5.78 Å². The molecule has 0 spiro atoms. The van der Waals surface area contributed by atoms with Gasteiger partial charge in [-0.25, -0.2) is 4.79 Å². The molecule has 1 atom stereocenters. The molecule has 2 N–H and O–H groups in total. The van der Waals surface area contributed by atoms with Gasteiger partial charge in [-0.15, -0.1) is 0 Å². The van der Waals surface area contributed by atoms with Gasteiger partial charge in [-0.05, 0) is 40.5 Å². The molecule has 0 aromatic carbocycles. The molecule has 0 saturated carbocycles. The smallest absolute Gasteiger partial charge is 0.411 e. The van der Waals surface area contributed by atoms with Crippen molar-refractivity contribution in [3.8, 4) is 0 Å². The van der Waals surface area contributed by atoms with Gasteiger partial charge in [0.05, 0.1) is 6.54 Å². The highest BCUT2D eigenvalue weighted by atomic mass is 16.6. The first-order valence-corrected chi connectivity index (χ1v) is 5.95. The monoisotopic (exact) mass is 242 g/mol. The van der Waals surface area contributed by atoms with Crippen molar-refractivity contribution in [3.63, 3.8) is 0 Å². The Morgan fingerprint density at radius 2 is 2.00 bits per heavy atom. The molecule has 0 aromatic rings. The van der Waals surface area contributed by atoms with Crippen LogP contribution in [0.1, 0.15) is 40.5 Å².